The fourth-order valence-corrected chi connectivity index (χ4v) is 2.41. The second-order valence-electron chi connectivity index (χ2n) is 4.96. The molecule has 0 heterocycles. The van der Waals surface area contributed by atoms with Gasteiger partial charge in [-0.1, -0.05) is 43.3 Å². The molecule has 3 heteroatoms. The molecule has 0 saturated carbocycles. The van der Waals surface area contributed by atoms with Crippen LogP contribution in [0, 0.1) is 5.92 Å². The van der Waals surface area contributed by atoms with Crippen LogP contribution in [0.2, 0.25) is 0 Å². The number of carbonyl (C=O) groups excluding carboxylic acids is 1. The van der Waals surface area contributed by atoms with Crippen molar-refractivity contribution in [1.29, 1.82) is 0 Å². The highest BCUT2D eigenvalue weighted by Gasteiger charge is 2.29. The van der Waals surface area contributed by atoms with E-state index < -0.39 is 0 Å². The van der Waals surface area contributed by atoms with Crippen molar-refractivity contribution in [3.8, 4) is 0 Å². The predicted molar refractivity (Wildman–Crippen MR) is 75.3 cm³/mol. The van der Waals surface area contributed by atoms with Gasteiger partial charge in [0.25, 0.3) is 0 Å². The van der Waals surface area contributed by atoms with Gasteiger partial charge in [0, 0.05) is 12.1 Å². The van der Waals surface area contributed by atoms with Crippen LogP contribution < -0.4 is 5.73 Å². The van der Waals surface area contributed by atoms with Gasteiger partial charge in [-0.2, -0.15) is 0 Å². The minimum atomic E-state index is -0.178. The van der Waals surface area contributed by atoms with Crippen LogP contribution in [-0.2, 0) is 16.1 Å². The first-order chi connectivity index (χ1) is 9.20. The first kappa shape index (κ1) is 13.8. The van der Waals surface area contributed by atoms with Gasteiger partial charge in [0.15, 0.2) is 0 Å². The maximum atomic E-state index is 12.0. The van der Waals surface area contributed by atoms with Crippen molar-refractivity contribution in [1.82, 2.24) is 0 Å². The number of carbonyl (C=O) groups is 1. The molecule has 0 fully saturated rings. The zero-order valence-electron chi connectivity index (χ0n) is 11.3. The Morgan fingerprint density at radius 3 is 2.79 bits per heavy atom. The lowest BCUT2D eigenvalue weighted by Gasteiger charge is -2.28. The molecule has 1 aliphatic carbocycles. The zero-order valence-corrected chi connectivity index (χ0v) is 11.3. The first-order valence-electron chi connectivity index (χ1n) is 6.85. The molecule has 3 nitrogen and oxygen atoms in total. The Kier molecular flexibility index (Phi) is 4.74. The highest BCUT2D eigenvalue weighted by atomic mass is 16.5. The van der Waals surface area contributed by atoms with Crippen LogP contribution in [0.25, 0.3) is 0 Å². The quantitative estimate of drug-likeness (QED) is 0.884. The second kappa shape index (κ2) is 6.53. The summed E-state index contributed by atoms with van der Waals surface area (Å²) in [7, 11) is 0. The number of ketones is 1. The number of ether oxygens (including phenoxy) is 1. The standard InChI is InChI=1S/C16H21NO2/c1-2-15(18)14-10-13(17)8-9-16(14)19-11-12-6-4-3-5-7-12/h3-7,10,14,16H,2,8-9,11,17H2,1H3. The van der Waals surface area contributed by atoms with Crippen LogP contribution in [0.5, 0.6) is 0 Å². The second-order valence-corrected chi connectivity index (χ2v) is 4.96. The number of allylic oxidation sites excluding steroid dienone is 1. The Morgan fingerprint density at radius 2 is 2.11 bits per heavy atom. The van der Waals surface area contributed by atoms with Crippen molar-refractivity contribution in [2.45, 2.75) is 38.9 Å². The van der Waals surface area contributed by atoms with Gasteiger partial charge in [0.1, 0.15) is 5.78 Å². The summed E-state index contributed by atoms with van der Waals surface area (Å²) in [5.74, 6) is 0.0307. The molecule has 2 unspecified atom stereocenters. The lowest BCUT2D eigenvalue weighted by Crippen LogP contribution is -2.33. The minimum Gasteiger partial charge on any atom is -0.402 e. The molecule has 0 aliphatic heterocycles. The third kappa shape index (κ3) is 3.67. The van der Waals surface area contributed by atoms with Gasteiger partial charge in [0.2, 0.25) is 0 Å². The molecule has 0 aromatic heterocycles. The van der Waals surface area contributed by atoms with Crippen molar-refractivity contribution in [3.05, 3.63) is 47.7 Å². The highest BCUT2D eigenvalue weighted by molar-refractivity contribution is 5.83. The summed E-state index contributed by atoms with van der Waals surface area (Å²) in [5.41, 5.74) is 7.78. The fourth-order valence-electron chi connectivity index (χ4n) is 2.41. The Morgan fingerprint density at radius 1 is 1.37 bits per heavy atom. The van der Waals surface area contributed by atoms with Gasteiger partial charge < -0.3 is 10.5 Å². The van der Waals surface area contributed by atoms with Gasteiger partial charge in [0.05, 0.1) is 18.6 Å². The van der Waals surface area contributed by atoms with Gasteiger partial charge in [-0.05, 0) is 18.4 Å². The number of Topliss-reactive ketones (excluding diaryl/α,β-unsaturated/α-hetero) is 1. The third-order valence-electron chi connectivity index (χ3n) is 3.54. The van der Waals surface area contributed by atoms with E-state index in [2.05, 4.69) is 0 Å². The first-order valence-corrected chi connectivity index (χ1v) is 6.85. The van der Waals surface area contributed by atoms with Crippen LogP contribution in [0.4, 0.5) is 0 Å². The van der Waals surface area contributed by atoms with Crippen LogP contribution >= 0.6 is 0 Å². The molecule has 2 atom stereocenters. The topological polar surface area (TPSA) is 52.3 Å². The number of nitrogens with two attached hydrogens (primary N) is 1. The normalized spacial score (nSPS) is 22.9. The van der Waals surface area contributed by atoms with E-state index in [1.807, 2.05) is 43.3 Å². The molecule has 0 bridgehead atoms. The average Bonchev–Trinajstić information content (AvgIpc) is 2.46. The maximum absolute atomic E-state index is 12.0. The molecule has 0 amide bonds. The van der Waals surface area contributed by atoms with E-state index in [0.29, 0.717) is 13.0 Å². The average molecular weight is 259 g/mol. The molecule has 102 valence electrons. The minimum absolute atomic E-state index is 0.0417. The summed E-state index contributed by atoms with van der Waals surface area (Å²) in [6, 6.07) is 10.0. The lowest BCUT2D eigenvalue weighted by atomic mass is 9.86. The Labute approximate surface area is 114 Å². The summed E-state index contributed by atoms with van der Waals surface area (Å²) in [6.45, 7) is 2.43. The highest BCUT2D eigenvalue weighted by Crippen LogP contribution is 2.26. The van der Waals surface area contributed by atoms with Crippen LogP contribution in [0.15, 0.2) is 42.1 Å². The molecule has 2 rings (SSSR count). The maximum Gasteiger partial charge on any atom is 0.142 e. The molecule has 19 heavy (non-hydrogen) atoms. The molecular weight excluding hydrogens is 238 g/mol. The van der Waals surface area contributed by atoms with Crippen molar-refractivity contribution in [2.24, 2.45) is 11.7 Å². The van der Waals surface area contributed by atoms with E-state index in [-0.39, 0.29) is 17.8 Å². The van der Waals surface area contributed by atoms with Crippen LogP contribution in [0.1, 0.15) is 31.7 Å². The molecule has 1 aliphatic rings. The SMILES string of the molecule is CCC(=O)C1C=C(N)CCC1OCc1ccccc1. The third-order valence-corrected chi connectivity index (χ3v) is 3.54. The molecule has 0 radical (unpaired) electrons. The summed E-state index contributed by atoms with van der Waals surface area (Å²) < 4.78 is 5.93. The van der Waals surface area contributed by atoms with Crippen molar-refractivity contribution < 1.29 is 9.53 Å². The molecule has 2 N–H and O–H groups in total. The largest absolute Gasteiger partial charge is 0.402 e. The van der Waals surface area contributed by atoms with Gasteiger partial charge >= 0.3 is 0 Å². The van der Waals surface area contributed by atoms with Gasteiger partial charge in [-0.25, -0.2) is 0 Å². The number of rotatable bonds is 5. The molecule has 0 saturated heterocycles. The van der Waals surface area contributed by atoms with Crippen LogP contribution in [-0.4, -0.2) is 11.9 Å². The van der Waals surface area contributed by atoms with E-state index in [9.17, 15) is 4.79 Å². The van der Waals surface area contributed by atoms with Gasteiger partial charge in [-0.15, -0.1) is 0 Å². The molecule has 1 aromatic rings. The number of benzene rings is 1. The zero-order chi connectivity index (χ0) is 13.7. The lowest BCUT2D eigenvalue weighted by molar-refractivity contribution is -0.126. The molecule has 0 spiro atoms. The van der Waals surface area contributed by atoms with Gasteiger partial charge in [-0.3, -0.25) is 4.79 Å². The summed E-state index contributed by atoms with van der Waals surface area (Å²) in [6.07, 6.45) is 4.00. The number of hydrogen-bond acceptors (Lipinski definition) is 3. The summed E-state index contributed by atoms with van der Waals surface area (Å²) in [4.78, 5) is 12.0. The van der Waals surface area contributed by atoms with Crippen LogP contribution in [0.3, 0.4) is 0 Å². The van der Waals surface area contributed by atoms with Crippen molar-refractivity contribution >= 4 is 5.78 Å². The molecular formula is C16H21NO2. The smallest absolute Gasteiger partial charge is 0.142 e. The van der Waals surface area contributed by atoms with E-state index >= 15 is 0 Å². The predicted octanol–water partition coefficient (Wildman–Crippen LogP) is 2.80. The van der Waals surface area contributed by atoms with Crippen molar-refractivity contribution in [2.75, 3.05) is 0 Å². The Bertz CT molecular complexity index is 453. The Balaban J connectivity index is 2.00. The molecule has 1 aromatic carbocycles. The summed E-state index contributed by atoms with van der Waals surface area (Å²) in [5, 5.41) is 0. The van der Waals surface area contributed by atoms with Crippen molar-refractivity contribution in [3.63, 3.8) is 0 Å². The fraction of sp³-hybridized carbons (Fsp3) is 0.438. The van der Waals surface area contributed by atoms with E-state index in [0.717, 1.165) is 24.1 Å². The monoisotopic (exact) mass is 259 g/mol. The van der Waals surface area contributed by atoms with E-state index in [4.69, 9.17) is 10.5 Å². The van der Waals surface area contributed by atoms with E-state index in [1.54, 1.807) is 0 Å². The number of hydrogen-bond donors (Lipinski definition) is 1. The summed E-state index contributed by atoms with van der Waals surface area (Å²) >= 11 is 0. The van der Waals surface area contributed by atoms with E-state index in [1.165, 1.54) is 0 Å². The Hall–Kier alpha value is -1.61.